The number of carbonyl (C=O) groups is 2. The van der Waals surface area contributed by atoms with Crippen molar-refractivity contribution >= 4 is 23.2 Å². The van der Waals surface area contributed by atoms with Crippen LogP contribution in [-0.2, 0) is 16.0 Å². The number of anilines is 2. The van der Waals surface area contributed by atoms with E-state index in [0.717, 1.165) is 22.4 Å². The Morgan fingerprint density at radius 3 is 2.62 bits per heavy atom. The summed E-state index contributed by atoms with van der Waals surface area (Å²) in [5, 5.41) is 5.80. The van der Waals surface area contributed by atoms with E-state index >= 15 is 0 Å². The van der Waals surface area contributed by atoms with E-state index in [1.807, 2.05) is 60.7 Å². The Hall–Kier alpha value is -3.60. The predicted octanol–water partition coefficient (Wildman–Crippen LogP) is 4.35. The molecule has 2 amide bonds. The summed E-state index contributed by atoms with van der Waals surface area (Å²) < 4.78 is 5.49. The third kappa shape index (κ3) is 4.14. The van der Waals surface area contributed by atoms with E-state index < -0.39 is 5.92 Å². The first kappa shape index (κ1) is 18.7. The number of methoxy groups -OCH3 is 1. The molecule has 1 heterocycles. The molecule has 0 saturated carbocycles. The summed E-state index contributed by atoms with van der Waals surface area (Å²) >= 11 is 0. The second-order valence-electron chi connectivity index (χ2n) is 7.07. The van der Waals surface area contributed by atoms with Crippen molar-refractivity contribution in [3.63, 3.8) is 0 Å². The number of para-hydroxylation sites is 1. The van der Waals surface area contributed by atoms with Crippen LogP contribution in [0.4, 0.5) is 11.4 Å². The topological polar surface area (TPSA) is 67.4 Å². The van der Waals surface area contributed by atoms with Crippen LogP contribution in [0.15, 0.2) is 72.8 Å². The maximum Gasteiger partial charge on any atom is 0.232 e. The molecule has 0 aromatic heterocycles. The van der Waals surface area contributed by atoms with Crippen LogP contribution in [0.5, 0.6) is 5.75 Å². The molecule has 3 aromatic carbocycles. The first-order chi connectivity index (χ1) is 14.1. The fourth-order valence-corrected chi connectivity index (χ4v) is 3.68. The summed E-state index contributed by atoms with van der Waals surface area (Å²) in [6, 6.07) is 23.1. The molecule has 3 aromatic rings. The van der Waals surface area contributed by atoms with E-state index in [-0.39, 0.29) is 18.2 Å². The van der Waals surface area contributed by atoms with Gasteiger partial charge in [0, 0.05) is 29.8 Å². The minimum atomic E-state index is -0.514. The van der Waals surface area contributed by atoms with Crippen molar-refractivity contribution in [3.8, 4) is 5.75 Å². The number of fused-ring (bicyclic) bond motifs is 1. The molecular weight excluding hydrogens is 364 g/mol. The molecule has 0 saturated heterocycles. The highest BCUT2D eigenvalue weighted by molar-refractivity contribution is 6.05. The summed E-state index contributed by atoms with van der Waals surface area (Å²) in [6.07, 6.45) is 0.832. The highest BCUT2D eigenvalue weighted by Crippen LogP contribution is 2.33. The number of ether oxygens (including phenoxy) is 1. The van der Waals surface area contributed by atoms with Gasteiger partial charge in [-0.3, -0.25) is 9.59 Å². The van der Waals surface area contributed by atoms with Gasteiger partial charge in [-0.05, 0) is 35.4 Å². The zero-order chi connectivity index (χ0) is 20.2. The van der Waals surface area contributed by atoms with Crippen molar-refractivity contribution in [3.05, 3.63) is 89.5 Å². The van der Waals surface area contributed by atoms with E-state index in [1.165, 1.54) is 0 Å². The Morgan fingerprint density at radius 1 is 1.07 bits per heavy atom. The minimum absolute atomic E-state index is 0.135. The second kappa shape index (κ2) is 8.19. The summed E-state index contributed by atoms with van der Waals surface area (Å²) in [4.78, 5) is 25.0. The highest BCUT2D eigenvalue weighted by Gasteiger charge is 2.30. The van der Waals surface area contributed by atoms with Crippen LogP contribution >= 0.6 is 0 Å². The fourth-order valence-electron chi connectivity index (χ4n) is 3.68. The number of rotatable bonds is 5. The summed E-state index contributed by atoms with van der Waals surface area (Å²) in [5.41, 5.74) is 4.36. The Bertz CT molecular complexity index is 1050. The minimum Gasteiger partial charge on any atom is -0.496 e. The van der Waals surface area contributed by atoms with Gasteiger partial charge in [0.2, 0.25) is 11.8 Å². The SMILES string of the molecule is COc1ccc(NC(=O)[C@@H]2CC(=O)Nc3ccccc32)cc1Cc1ccccc1. The van der Waals surface area contributed by atoms with E-state index in [9.17, 15) is 9.59 Å². The Morgan fingerprint density at radius 2 is 1.83 bits per heavy atom. The molecule has 0 unspecified atom stereocenters. The zero-order valence-corrected chi connectivity index (χ0v) is 16.1. The van der Waals surface area contributed by atoms with Crippen LogP contribution < -0.4 is 15.4 Å². The molecule has 5 nitrogen and oxygen atoms in total. The fraction of sp³-hybridized carbons (Fsp3) is 0.167. The van der Waals surface area contributed by atoms with E-state index in [2.05, 4.69) is 22.8 Å². The molecule has 1 aliphatic heterocycles. The monoisotopic (exact) mass is 386 g/mol. The lowest BCUT2D eigenvalue weighted by Crippen LogP contribution is -2.30. The number of amides is 2. The lowest BCUT2D eigenvalue weighted by Gasteiger charge is -2.25. The van der Waals surface area contributed by atoms with Crippen molar-refractivity contribution in [2.75, 3.05) is 17.7 Å². The van der Waals surface area contributed by atoms with Crippen LogP contribution in [-0.4, -0.2) is 18.9 Å². The van der Waals surface area contributed by atoms with Gasteiger partial charge in [0.25, 0.3) is 0 Å². The Labute approximate surface area is 169 Å². The van der Waals surface area contributed by atoms with Crippen LogP contribution in [0.1, 0.15) is 29.0 Å². The smallest absolute Gasteiger partial charge is 0.232 e. The second-order valence-corrected chi connectivity index (χ2v) is 7.07. The molecule has 1 atom stereocenters. The average molecular weight is 386 g/mol. The van der Waals surface area contributed by atoms with Crippen LogP contribution in [0, 0.1) is 0 Å². The van der Waals surface area contributed by atoms with Crippen molar-refractivity contribution < 1.29 is 14.3 Å². The van der Waals surface area contributed by atoms with Crippen molar-refractivity contribution in [2.45, 2.75) is 18.8 Å². The summed E-state index contributed by atoms with van der Waals surface area (Å²) in [7, 11) is 1.64. The molecule has 146 valence electrons. The molecule has 4 rings (SSSR count). The molecule has 0 bridgehead atoms. The maximum absolute atomic E-state index is 13.0. The first-order valence-corrected chi connectivity index (χ1v) is 9.54. The van der Waals surface area contributed by atoms with Gasteiger partial charge in [0.1, 0.15) is 5.75 Å². The molecule has 5 heteroatoms. The molecule has 0 radical (unpaired) electrons. The normalized spacial score (nSPS) is 15.2. The Balaban J connectivity index is 1.57. The van der Waals surface area contributed by atoms with Gasteiger partial charge in [0.15, 0.2) is 0 Å². The van der Waals surface area contributed by atoms with Crippen LogP contribution in [0.25, 0.3) is 0 Å². The molecule has 29 heavy (non-hydrogen) atoms. The van der Waals surface area contributed by atoms with Gasteiger partial charge in [-0.25, -0.2) is 0 Å². The van der Waals surface area contributed by atoms with Crippen molar-refractivity contribution in [2.24, 2.45) is 0 Å². The number of hydrogen-bond acceptors (Lipinski definition) is 3. The third-order valence-corrected chi connectivity index (χ3v) is 5.10. The largest absolute Gasteiger partial charge is 0.496 e. The number of nitrogens with one attached hydrogen (secondary N) is 2. The highest BCUT2D eigenvalue weighted by atomic mass is 16.5. The van der Waals surface area contributed by atoms with Crippen molar-refractivity contribution in [1.29, 1.82) is 0 Å². The molecule has 0 spiro atoms. The average Bonchev–Trinajstić information content (AvgIpc) is 2.74. The van der Waals surface area contributed by atoms with E-state index in [1.54, 1.807) is 7.11 Å². The standard InChI is InChI=1S/C24H22N2O3/c1-29-22-12-11-18(14-17(22)13-16-7-3-2-4-8-16)25-24(28)20-15-23(27)26-21-10-6-5-9-19(20)21/h2-12,14,20H,13,15H2,1H3,(H,25,28)(H,26,27)/t20-/m1/s1. The van der Waals surface area contributed by atoms with Gasteiger partial charge in [-0.15, -0.1) is 0 Å². The van der Waals surface area contributed by atoms with Crippen LogP contribution in [0.3, 0.4) is 0 Å². The predicted molar refractivity (Wildman–Crippen MR) is 113 cm³/mol. The van der Waals surface area contributed by atoms with Gasteiger partial charge in [-0.2, -0.15) is 0 Å². The molecular formula is C24H22N2O3. The molecule has 0 aliphatic carbocycles. The van der Waals surface area contributed by atoms with Crippen LogP contribution in [0.2, 0.25) is 0 Å². The number of benzene rings is 3. The van der Waals surface area contributed by atoms with Gasteiger partial charge in [0.05, 0.1) is 13.0 Å². The summed E-state index contributed by atoms with van der Waals surface area (Å²) in [6.45, 7) is 0. The first-order valence-electron chi connectivity index (χ1n) is 9.54. The van der Waals surface area contributed by atoms with Gasteiger partial charge < -0.3 is 15.4 Å². The summed E-state index contributed by atoms with van der Waals surface area (Å²) in [5.74, 6) is -0.0830. The molecule has 2 N–H and O–H groups in total. The lowest BCUT2D eigenvalue weighted by molar-refractivity contribution is -0.123. The number of carbonyl (C=O) groups excluding carboxylic acids is 2. The van der Waals surface area contributed by atoms with Gasteiger partial charge >= 0.3 is 0 Å². The third-order valence-electron chi connectivity index (χ3n) is 5.10. The van der Waals surface area contributed by atoms with E-state index in [0.29, 0.717) is 17.8 Å². The molecule has 1 aliphatic rings. The Kier molecular flexibility index (Phi) is 5.29. The molecule has 0 fully saturated rings. The van der Waals surface area contributed by atoms with E-state index in [4.69, 9.17) is 4.74 Å². The van der Waals surface area contributed by atoms with Crippen molar-refractivity contribution in [1.82, 2.24) is 0 Å². The number of hydrogen-bond donors (Lipinski definition) is 2. The van der Waals surface area contributed by atoms with Gasteiger partial charge in [-0.1, -0.05) is 48.5 Å². The maximum atomic E-state index is 13.0. The quantitative estimate of drug-likeness (QED) is 0.685. The zero-order valence-electron chi connectivity index (χ0n) is 16.1. The lowest BCUT2D eigenvalue weighted by atomic mass is 9.89.